The summed E-state index contributed by atoms with van der Waals surface area (Å²) in [4.78, 5) is 27.9. The third-order valence-electron chi connectivity index (χ3n) is 3.64. The topological polar surface area (TPSA) is 52.7 Å². The molecule has 1 heterocycles. The number of rotatable bonds is 3. The predicted octanol–water partition coefficient (Wildman–Crippen LogP) is 3.03. The quantitative estimate of drug-likeness (QED) is 0.909. The van der Waals surface area contributed by atoms with E-state index in [9.17, 15) is 14.0 Å². The molecule has 24 heavy (non-hydrogen) atoms. The van der Waals surface area contributed by atoms with Crippen molar-refractivity contribution in [3.63, 3.8) is 0 Å². The number of carbonyl (C=O) groups excluding carboxylic acids is 2. The van der Waals surface area contributed by atoms with Gasteiger partial charge in [0.25, 0.3) is 0 Å². The zero-order valence-corrected chi connectivity index (χ0v) is 15.2. The van der Waals surface area contributed by atoms with E-state index in [1.807, 2.05) is 0 Å². The number of urea groups is 1. The van der Waals surface area contributed by atoms with Crippen LogP contribution in [0.15, 0.2) is 24.3 Å². The van der Waals surface area contributed by atoms with Crippen LogP contribution < -0.4 is 5.32 Å². The molecular weight excluding hydrogens is 329 g/mol. The van der Waals surface area contributed by atoms with Gasteiger partial charge in [-0.05, 0) is 24.3 Å². The van der Waals surface area contributed by atoms with Crippen molar-refractivity contribution in [1.29, 1.82) is 0 Å². The number of hydrogen-bond donors (Lipinski definition) is 1. The zero-order valence-electron chi connectivity index (χ0n) is 14.3. The van der Waals surface area contributed by atoms with Gasteiger partial charge in [0, 0.05) is 36.6 Å². The number of hydrogen-bond acceptors (Lipinski definition) is 3. The Bertz CT molecular complexity index is 578. The van der Waals surface area contributed by atoms with E-state index in [2.05, 4.69) is 26.1 Å². The van der Waals surface area contributed by atoms with Crippen molar-refractivity contribution in [2.45, 2.75) is 25.5 Å². The van der Waals surface area contributed by atoms with Crippen LogP contribution in [-0.4, -0.2) is 58.4 Å². The number of nitrogens with one attached hydrogen (secondary N) is 1. The number of amides is 3. The minimum absolute atomic E-state index is 0.0620. The first-order valence-corrected chi connectivity index (χ1v) is 8.96. The van der Waals surface area contributed by atoms with Gasteiger partial charge in [0.1, 0.15) is 5.82 Å². The molecule has 0 bridgehead atoms. The second kappa shape index (κ2) is 7.88. The Hall–Kier alpha value is -1.76. The van der Waals surface area contributed by atoms with Crippen molar-refractivity contribution in [3.05, 3.63) is 30.1 Å². The first-order valence-electron chi connectivity index (χ1n) is 7.98. The highest BCUT2D eigenvalue weighted by molar-refractivity contribution is 8.01. The van der Waals surface area contributed by atoms with E-state index < -0.39 is 0 Å². The third kappa shape index (κ3) is 5.70. The van der Waals surface area contributed by atoms with Crippen molar-refractivity contribution < 1.29 is 14.0 Å². The van der Waals surface area contributed by atoms with Gasteiger partial charge in [-0.15, -0.1) is 11.8 Å². The molecule has 1 aromatic rings. The van der Waals surface area contributed by atoms with Crippen LogP contribution in [0.1, 0.15) is 20.8 Å². The Balaban J connectivity index is 1.78. The molecule has 2 rings (SSSR count). The molecule has 0 radical (unpaired) electrons. The van der Waals surface area contributed by atoms with Crippen molar-refractivity contribution in [1.82, 2.24) is 9.80 Å². The van der Waals surface area contributed by atoms with E-state index in [1.165, 1.54) is 24.3 Å². The molecule has 132 valence electrons. The molecular formula is C17H24FN3O2S. The highest BCUT2D eigenvalue weighted by Crippen LogP contribution is 2.23. The van der Waals surface area contributed by atoms with E-state index in [4.69, 9.17) is 0 Å². The number of carbonyl (C=O) groups is 2. The van der Waals surface area contributed by atoms with E-state index in [0.29, 0.717) is 37.6 Å². The van der Waals surface area contributed by atoms with Gasteiger partial charge in [0.15, 0.2) is 0 Å². The Morgan fingerprint density at radius 3 is 2.17 bits per heavy atom. The molecule has 1 aliphatic heterocycles. The third-order valence-corrected chi connectivity index (χ3v) is 4.90. The van der Waals surface area contributed by atoms with Gasteiger partial charge in [-0.2, -0.15) is 0 Å². The zero-order chi connectivity index (χ0) is 17.7. The first kappa shape index (κ1) is 18.6. The summed E-state index contributed by atoms with van der Waals surface area (Å²) in [7, 11) is 0. The van der Waals surface area contributed by atoms with Crippen LogP contribution in [0.5, 0.6) is 0 Å². The largest absolute Gasteiger partial charge is 0.338 e. The van der Waals surface area contributed by atoms with Crippen molar-refractivity contribution in [2.75, 3.05) is 37.2 Å². The van der Waals surface area contributed by atoms with Crippen molar-refractivity contribution >= 4 is 29.4 Å². The van der Waals surface area contributed by atoms with Crippen LogP contribution in [0.4, 0.5) is 14.9 Å². The number of anilines is 1. The van der Waals surface area contributed by atoms with Gasteiger partial charge in [-0.3, -0.25) is 4.79 Å². The number of benzene rings is 1. The second-order valence-electron chi connectivity index (χ2n) is 6.71. The maximum atomic E-state index is 12.9. The fourth-order valence-corrected chi connectivity index (χ4v) is 3.00. The van der Waals surface area contributed by atoms with Crippen molar-refractivity contribution in [3.8, 4) is 0 Å². The fourth-order valence-electron chi connectivity index (χ4n) is 2.26. The van der Waals surface area contributed by atoms with Crippen LogP contribution in [-0.2, 0) is 4.79 Å². The highest BCUT2D eigenvalue weighted by Gasteiger charge is 2.25. The molecule has 0 aromatic heterocycles. The molecule has 1 N–H and O–H groups in total. The van der Waals surface area contributed by atoms with Gasteiger partial charge < -0.3 is 15.1 Å². The van der Waals surface area contributed by atoms with Gasteiger partial charge in [0.05, 0.1) is 5.75 Å². The number of piperazine rings is 1. The summed E-state index contributed by atoms with van der Waals surface area (Å²) in [6, 6.07) is 5.43. The average Bonchev–Trinajstić information content (AvgIpc) is 2.54. The Kier molecular flexibility index (Phi) is 6.10. The van der Waals surface area contributed by atoms with Gasteiger partial charge in [0.2, 0.25) is 5.91 Å². The smallest absolute Gasteiger partial charge is 0.321 e. The Morgan fingerprint density at radius 2 is 1.62 bits per heavy atom. The van der Waals surface area contributed by atoms with E-state index >= 15 is 0 Å². The van der Waals surface area contributed by atoms with Crippen LogP contribution in [0.3, 0.4) is 0 Å². The summed E-state index contributed by atoms with van der Waals surface area (Å²) in [6.07, 6.45) is 0. The lowest BCUT2D eigenvalue weighted by Crippen LogP contribution is -2.52. The second-order valence-corrected chi connectivity index (χ2v) is 8.51. The molecule has 7 heteroatoms. The molecule has 0 saturated carbocycles. The number of halogens is 1. The summed E-state index contributed by atoms with van der Waals surface area (Å²) in [6.45, 7) is 8.34. The van der Waals surface area contributed by atoms with Crippen molar-refractivity contribution in [2.24, 2.45) is 0 Å². The van der Waals surface area contributed by atoms with E-state index in [-0.39, 0.29) is 22.5 Å². The van der Waals surface area contributed by atoms with Crippen LogP contribution in [0.2, 0.25) is 0 Å². The molecule has 1 aromatic carbocycles. The van der Waals surface area contributed by atoms with Gasteiger partial charge in [-0.25, -0.2) is 9.18 Å². The molecule has 0 aliphatic carbocycles. The lowest BCUT2D eigenvalue weighted by Gasteiger charge is -2.35. The van der Waals surface area contributed by atoms with E-state index in [1.54, 1.807) is 21.6 Å². The van der Waals surface area contributed by atoms with Crippen LogP contribution in [0.25, 0.3) is 0 Å². The summed E-state index contributed by atoms with van der Waals surface area (Å²) in [5.41, 5.74) is 0.557. The lowest BCUT2D eigenvalue weighted by atomic mass is 10.3. The summed E-state index contributed by atoms with van der Waals surface area (Å²) in [5, 5.41) is 2.74. The molecule has 3 amide bonds. The minimum Gasteiger partial charge on any atom is -0.338 e. The van der Waals surface area contributed by atoms with Crippen LogP contribution >= 0.6 is 11.8 Å². The number of nitrogens with zero attached hydrogens (tertiary/aromatic N) is 2. The minimum atomic E-state index is -0.340. The maximum Gasteiger partial charge on any atom is 0.321 e. The summed E-state index contributed by atoms with van der Waals surface area (Å²) < 4.78 is 12.9. The van der Waals surface area contributed by atoms with Gasteiger partial charge >= 0.3 is 6.03 Å². The Morgan fingerprint density at radius 1 is 1.08 bits per heavy atom. The van der Waals surface area contributed by atoms with Crippen LogP contribution in [0, 0.1) is 5.82 Å². The monoisotopic (exact) mass is 353 g/mol. The van der Waals surface area contributed by atoms with Gasteiger partial charge in [-0.1, -0.05) is 20.8 Å². The normalized spacial score (nSPS) is 15.3. The maximum absolute atomic E-state index is 12.9. The molecule has 0 spiro atoms. The first-order chi connectivity index (χ1) is 11.2. The predicted molar refractivity (Wildman–Crippen MR) is 95.8 cm³/mol. The highest BCUT2D eigenvalue weighted by atomic mass is 32.2. The SMILES string of the molecule is CC(C)(C)SCC(=O)N1CCN(C(=O)Nc2ccc(F)cc2)CC1. The average molecular weight is 353 g/mol. The fraction of sp³-hybridized carbons (Fsp3) is 0.529. The molecule has 0 unspecified atom stereocenters. The molecule has 1 fully saturated rings. The molecule has 0 atom stereocenters. The standard InChI is InChI=1S/C17H24FN3O2S/c1-17(2,3)24-12-15(22)20-8-10-21(11-9-20)16(23)19-14-6-4-13(18)5-7-14/h4-7H,8-12H2,1-3H3,(H,19,23). The molecule has 1 saturated heterocycles. The number of thioether (sulfide) groups is 1. The Labute approximate surface area is 146 Å². The summed E-state index contributed by atoms with van der Waals surface area (Å²) in [5.74, 6) is 0.243. The molecule has 1 aliphatic rings. The summed E-state index contributed by atoms with van der Waals surface area (Å²) >= 11 is 1.63. The lowest BCUT2D eigenvalue weighted by molar-refractivity contribution is -0.129. The molecule has 5 nitrogen and oxygen atoms in total. The van der Waals surface area contributed by atoms with E-state index in [0.717, 1.165) is 0 Å².